The molecule has 1 aromatic heterocycles. The van der Waals surface area contributed by atoms with Crippen molar-refractivity contribution in [2.75, 3.05) is 6.54 Å². The van der Waals surface area contributed by atoms with E-state index in [1.54, 1.807) is 0 Å². The fraction of sp³-hybridized carbons (Fsp3) is 0.412. The van der Waals surface area contributed by atoms with Crippen LogP contribution in [0.4, 0.5) is 0 Å². The molecule has 0 saturated heterocycles. The van der Waals surface area contributed by atoms with Crippen LogP contribution in [0.2, 0.25) is 5.28 Å². The number of carbonyl (C=O) groups is 1. The monoisotopic (exact) mass is 317 g/mol. The van der Waals surface area contributed by atoms with E-state index in [4.69, 9.17) is 11.6 Å². The van der Waals surface area contributed by atoms with Crippen LogP contribution in [-0.2, 0) is 31.2 Å². The van der Waals surface area contributed by atoms with Crippen molar-refractivity contribution in [1.29, 1.82) is 0 Å². The van der Waals surface area contributed by atoms with Crippen LogP contribution in [0.3, 0.4) is 0 Å². The van der Waals surface area contributed by atoms with E-state index < -0.39 is 0 Å². The van der Waals surface area contributed by atoms with Crippen LogP contribution in [-0.4, -0.2) is 26.9 Å². The van der Waals surface area contributed by atoms with E-state index in [9.17, 15) is 4.79 Å². The Balaban J connectivity index is 1.64. The summed E-state index contributed by atoms with van der Waals surface area (Å²) in [6.45, 7) is 3.43. The molecule has 116 valence electrons. The van der Waals surface area contributed by atoms with Gasteiger partial charge in [-0.3, -0.25) is 4.79 Å². The first-order valence-corrected chi connectivity index (χ1v) is 7.96. The third-order valence-corrected chi connectivity index (χ3v) is 4.76. The summed E-state index contributed by atoms with van der Waals surface area (Å²) in [5, 5.41) is 0.499. The van der Waals surface area contributed by atoms with Gasteiger partial charge in [0, 0.05) is 26.4 Å². The number of nitrogens with zero attached hydrogens (tertiary/aromatic N) is 3. The zero-order valence-electron chi connectivity index (χ0n) is 13.0. The zero-order chi connectivity index (χ0) is 15.7. The van der Waals surface area contributed by atoms with Gasteiger partial charge < -0.3 is 9.47 Å². The van der Waals surface area contributed by atoms with Crippen LogP contribution in [0, 0.1) is 6.92 Å². The molecule has 1 amide bonds. The number of rotatable bonds is 3. The van der Waals surface area contributed by atoms with Crippen molar-refractivity contribution in [1.82, 2.24) is 14.5 Å². The van der Waals surface area contributed by atoms with Crippen molar-refractivity contribution in [3.8, 4) is 0 Å². The van der Waals surface area contributed by atoms with Gasteiger partial charge in [-0.05, 0) is 36.1 Å². The Labute approximate surface area is 135 Å². The van der Waals surface area contributed by atoms with E-state index in [0.29, 0.717) is 18.2 Å². The largest absolute Gasteiger partial charge is 0.336 e. The predicted octanol–water partition coefficient (Wildman–Crippen LogP) is 2.90. The molecule has 0 bridgehead atoms. The van der Waals surface area contributed by atoms with Crippen molar-refractivity contribution < 1.29 is 4.79 Å². The molecule has 2 heterocycles. The fourth-order valence-corrected chi connectivity index (χ4v) is 3.16. The van der Waals surface area contributed by atoms with Gasteiger partial charge in [0.05, 0.1) is 17.9 Å². The van der Waals surface area contributed by atoms with E-state index in [-0.39, 0.29) is 5.91 Å². The summed E-state index contributed by atoms with van der Waals surface area (Å²) in [6.07, 6.45) is 2.12. The molecule has 2 aromatic rings. The summed E-state index contributed by atoms with van der Waals surface area (Å²) >= 11 is 6.05. The summed E-state index contributed by atoms with van der Waals surface area (Å²) in [5.41, 5.74) is 4.57. The first-order chi connectivity index (χ1) is 10.6. The number of hydrogen-bond donors (Lipinski definition) is 0. The normalized spacial score (nSPS) is 14.0. The number of imidazole rings is 1. The first kappa shape index (κ1) is 15.1. The summed E-state index contributed by atoms with van der Waals surface area (Å²) in [7, 11) is 1.90. The summed E-state index contributed by atoms with van der Waals surface area (Å²) in [6, 6.07) is 8.24. The standard InChI is InChI=1S/C17H20ClN3O/c1-12-5-3-4-6-13(12)7-8-16(22)21-10-9-14-15(11-21)20(2)17(18)19-14/h3-6H,7-11H2,1-2H3. The van der Waals surface area contributed by atoms with Gasteiger partial charge in [0.15, 0.2) is 0 Å². The Morgan fingerprint density at radius 2 is 2.14 bits per heavy atom. The first-order valence-electron chi connectivity index (χ1n) is 7.58. The van der Waals surface area contributed by atoms with E-state index >= 15 is 0 Å². The van der Waals surface area contributed by atoms with Crippen molar-refractivity contribution in [2.24, 2.45) is 7.05 Å². The van der Waals surface area contributed by atoms with E-state index in [0.717, 1.165) is 30.8 Å². The quantitative estimate of drug-likeness (QED) is 0.873. The van der Waals surface area contributed by atoms with Crippen molar-refractivity contribution in [3.63, 3.8) is 0 Å². The average molecular weight is 318 g/mol. The molecule has 0 atom stereocenters. The maximum atomic E-state index is 12.5. The van der Waals surface area contributed by atoms with Crippen LogP contribution in [0.25, 0.3) is 0 Å². The molecule has 5 heteroatoms. The van der Waals surface area contributed by atoms with E-state index in [1.165, 1.54) is 11.1 Å². The molecule has 0 fully saturated rings. The Morgan fingerprint density at radius 1 is 1.36 bits per heavy atom. The lowest BCUT2D eigenvalue weighted by Gasteiger charge is -2.27. The number of amides is 1. The third kappa shape index (κ3) is 2.88. The molecule has 0 aliphatic carbocycles. The molecule has 3 rings (SSSR count). The highest BCUT2D eigenvalue weighted by Crippen LogP contribution is 2.22. The number of benzene rings is 1. The summed E-state index contributed by atoms with van der Waals surface area (Å²) < 4.78 is 1.87. The van der Waals surface area contributed by atoms with Crippen LogP contribution in [0.15, 0.2) is 24.3 Å². The van der Waals surface area contributed by atoms with Crippen LogP contribution in [0.5, 0.6) is 0 Å². The van der Waals surface area contributed by atoms with E-state index in [2.05, 4.69) is 24.0 Å². The molecular formula is C17H20ClN3O. The highest BCUT2D eigenvalue weighted by Gasteiger charge is 2.25. The molecule has 4 nitrogen and oxygen atoms in total. The van der Waals surface area contributed by atoms with Gasteiger partial charge in [-0.2, -0.15) is 0 Å². The second kappa shape index (κ2) is 6.13. The number of aryl methyl sites for hydroxylation is 2. The average Bonchev–Trinajstić information content (AvgIpc) is 2.81. The van der Waals surface area contributed by atoms with Gasteiger partial charge in [0.1, 0.15) is 0 Å². The second-order valence-electron chi connectivity index (χ2n) is 5.83. The lowest BCUT2D eigenvalue weighted by atomic mass is 10.0. The Kier molecular flexibility index (Phi) is 4.21. The molecule has 0 unspecified atom stereocenters. The minimum absolute atomic E-state index is 0.200. The van der Waals surface area contributed by atoms with Crippen LogP contribution < -0.4 is 0 Å². The van der Waals surface area contributed by atoms with Gasteiger partial charge >= 0.3 is 0 Å². The minimum atomic E-state index is 0.200. The van der Waals surface area contributed by atoms with Crippen molar-refractivity contribution in [3.05, 3.63) is 52.1 Å². The second-order valence-corrected chi connectivity index (χ2v) is 6.16. The van der Waals surface area contributed by atoms with Gasteiger partial charge in [0.2, 0.25) is 11.2 Å². The number of halogens is 1. The maximum absolute atomic E-state index is 12.5. The fourth-order valence-electron chi connectivity index (χ4n) is 2.96. The Morgan fingerprint density at radius 3 is 2.91 bits per heavy atom. The van der Waals surface area contributed by atoms with Crippen molar-refractivity contribution >= 4 is 17.5 Å². The summed E-state index contributed by atoms with van der Waals surface area (Å²) in [4.78, 5) is 18.7. The smallest absolute Gasteiger partial charge is 0.223 e. The summed E-state index contributed by atoms with van der Waals surface area (Å²) in [5.74, 6) is 0.200. The molecule has 22 heavy (non-hydrogen) atoms. The molecule has 1 aliphatic heterocycles. The number of carbonyl (C=O) groups excluding carboxylic acids is 1. The maximum Gasteiger partial charge on any atom is 0.223 e. The molecule has 1 aromatic carbocycles. The molecule has 0 radical (unpaired) electrons. The minimum Gasteiger partial charge on any atom is -0.336 e. The zero-order valence-corrected chi connectivity index (χ0v) is 13.7. The third-order valence-electron chi connectivity index (χ3n) is 4.42. The molecular weight excluding hydrogens is 298 g/mol. The Bertz CT molecular complexity index is 708. The Hall–Kier alpha value is -1.81. The van der Waals surface area contributed by atoms with Crippen molar-refractivity contribution in [2.45, 2.75) is 32.7 Å². The van der Waals surface area contributed by atoms with Crippen LogP contribution in [0.1, 0.15) is 28.9 Å². The topological polar surface area (TPSA) is 38.1 Å². The number of fused-ring (bicyclic) bond motifs is 1. The van der Waals surface area contributed by atoms with Gasteiger partial charge in [-0.15, -0.1) is 0 Å². The highest BCUT2D eigenvalue weighted by atomic mass is 35.5. The SMILES string of the molecule is Cc1ccccc1CCC(=O)N1CCc2nc(Cl)n(C)c2C1. The highest BCUT2D eigenvalue weighted by molar-refractivity contribution is 6.28. The lowest BCUT2D eigenvalue weighted by molar-refractivity contribution is -0.132. The lowest BCUT2D eigenvalue weighted by Crippen LogP contribution is -2.36. The van der Waals surface area contributed by atoms with Gasteiger partial charge in [-0.25, -0.2) is 4.98 Å². The predicted molar refractivity (Wildman–Crippen MR) is 86.8 cm³/mol. The number of aromatic nitrogens is 2. The molecule has 0 N–H and O–H groups in total. The van der Waals surface area contributed by atoms with Crippen LogP contribution >= 0.6 is 11.6 Å². The molecule has 0 spiro atoms. The van der Waals surface area contributed by atoms with E-state index in [1.807, 2.05) is 28.6 Å². The molecule has 1 aliphatic rings. The molecule has 0 saturated carbocycles. The van der Waals surface area contributed by atoms with Gasteiger partial charge in [0.25, 0.3) is 0 Å². The number of hydrogen-bond acceptors (Lipinski definition) is 2. The van der Waals surface area contributed by atoms with Gasteiger partial charge in [-0.1, -0.05) is 24.3 Å².